The molecule has 0 spiro atoms. The molecule has 0 saturated carbocycles. The fourth-order valence-electron chi connectivity index (χ4n) is 2.46. The molecule has 5 nitrogen and oxygen atoms in total. The van der Waals surface area contributed by atoms with E-state index in [1.807, 2.05) is 0 Å². The Morgan fingerprint density at radius 1 is 1.27 bits per heavy atom. The smallest absolute Gasteiger partial charge is 0.321 e. The van der Waals surface area contributed by atoms with Gasteiger partial charge in [-0.1, -0.05) is 23.2 Å². The van der Waals surface area contributed by atoms with Crippen LogP contribution >= 0.6 is 23.2 Å². The minimum Gasteiger partial charge on any atom is -0.324 e. The first-order chi connectivity index (χ1) is 10.6. The van der Waals surface area contributed by atoms with Crippen molar-refractivity contribution in [2.45, 2.75) is 12.3 Å². The van der Waals surface area contributed by atoms with Crippen LogP contribution in [0.1, 0.15) is 18.2 Å². The Kier molecular flexibility index (Phi) is 4.45. The lowest BCUT2D eigenvalue weighted by atomic mass is 10.1. The monoisotopic (exact) mass is 336 g/mol. The van der Waals surface area contributed by atoms with Gasteiger partial charge in [0, 0.05) is 36.4 Å². The van der Waals surface area contributed by atoms with Gasteiger partial charge in [0.25, 0.3) is 0 Å². The van der Waals surface area contributed by atoms with Crippen LogP contribution in [0.25, 0.3) is 0 Å². The highest BCUT2D eigenvalue weighted by atomic mass is 35.5. The third-order valence-corrected chi connectivity index (χ3v) is 4.15. The molecule has 0 radical (unpaired) electrons. The van der Waals surface area contributed by atoms with Crippen LogP contribution in [0, 0.1) is 0 Å². The number of halogens is 2. The van der Waals surface area contributed by atoms with Crippen LogP contribution in [0.2, 0.25) is 10.0 Å². The number of carbonyl (C=O) groups excluding carboxylic acids is 1. The molecule has 22 heavy (non-hydrogen) atoms. The number of anilines is 1. The van der Waals surface area contributed by atoms with E-state index in [4.69, 9.17) is 23.2 Å². The molecule has 2 heterocycles. The lowest BCUT2D eigenvalue weighted by molar-refractivity contribution is 0.222. The van der Waals surface area contributed by atoms with E-state index in [2.05, 4.69) is 15.3 Å². The molecule has 7 heteroatoms. The molecule has 2 aromatic rings. The first kappa shape index (κ1) is 15.1. The van der Waals surface area contributed by atoms with Gasteiger partial charge in [-0.25, -0.2) is 14.8 Å². The lowest BCUT2D eigenvalue weighted by Gasteiger charge is -2.17. The summed E-state index contributed by atoms with van der Waals surface area (Å²) < 4.78 is 0. The summed E-state index contributed by atoms with van der Waals surface area (Å²) in [6.07, 6.45) is 4.29. The first-order valence-corrected chi connectivity index (χ1v) is 7.67. The molecule has 1 N–H and O–H groups in total. The van der Waals surface area contributed by atoms with Crippen LogP contribution < -0.4 is 5.32 Å². The van der Waals surface area contributed by atoms with E-state index in [1.165, 1.54) is 0 Å². The van der Waals surface area contributed by atoms with Gasteiger partial charge in [-0.2, -0.15) is 0 Å². The van der Waals surface area contributed by atoms with Crippen molar-refractivity contribution in [1.29, 1.82) is 0 Å². The quantitative estimate of drug-likeness (QED) is 0.907. The van der Waals surface area contributed by atoms with Crippen molar-refractivity contribution in [3.8, 4) is 0 Å². The Labute approximate surface area is 138 Å². The van der Waals surface area contributed by atoms with E-state index in [-0.39, 0.29) is 11.9 Å². The molecule has 1 atom stereocenters. The number of nitrogens with one attached hydrogen (secondary N) is 1. The van der Waals surface area contributed by atoms with Crippen LogP contribution in [0.4, 0.5) is 10.5 Å². The van der Waals surface area contributed by atoms with E-state index in [9.17, 15) is 4.79 Å². The number of urea groups is 1. The molecular formula is C15H14Cl2N4O. The summed E-state index contributed by atoms with van der Waals surface area (Å²) in [5, 5.41) is 3.76. The number of likely N-dealkylation sites (tertiary alicyclic amines) is 1. The maximum atomic E-state index is 12.3. The van der Waals surface area contributed by atoms with E-state index in [0.29, 0.717) is 28.8 Å². The van der Waals surface area contributed by atoms with E-state index >= 15 is 0 Å². The second-order valence-electron chi connectivity index (χ2n) is 5.09. The Hall–Kier alpha value is -1.85. The zero-order valence-electron chi connectivity index (χ0n) is 11.7. The van der Waals surface area contributed by atoms with Crippen LogP contribution in [0.5, 0.6) is 0 Å². The van der Waals surface area contributed by atoms with Crippen LogP contribution in [-0.2, 0) is 0 Å². The predicted octanol–water partition coefficient (Wildman–Crippen LogP) is 3.80. The SMILES string of the molecule is O=C(Nc1ccc(Cl)cc1Cl)N1CCC(c2ncccn2)C1. The fraction of sp³-hybridized carbons (Fsp3) is 0.267. The number of benzene rings is 1. The Bertz CT molecular complexity index is 680. The predicted molar refractivity (Wildman–Crippen MR) is 86.4 cm³/mol. The summed E-state index contributed by atoms with van der Waals surface area (Å²) in [6, 6.07) is 6.58. The highest BCUT2D eigenvalue weighted by Crippen LogP contribution is 2.28. The molecule has 1 aromatic heterocycles. The average Bonchev–Trinajstić information content (AvgIpc) is 3.01. The van der Waals surface area contributed by atoms with Gasteiger partial charge in [-0.05, 0) is 30.7 Å². The Morgan fingerprint density at radius 2 is 2.05 bits per heavy atom. The summed E-state index contributed by atoms with van der Waals surface area (Å²) >= 11 is 11.9. The van der Waals surface area contributed by atoms with Crippen LogP contribution in [0.3, 0.4) is 0 Å². The molecular weight excluding hydrogens is 323 g/mol. The Morgan fingerprint density at radius 3 is 2.77 bits per heavy atom. The second kappa shape index (κ2) is 6.50. The van der Waals surface area contributed by atoms with E-state index in [1.54, 1.807) is 41.6 Å². The van der Waals surface area contributed by atoms with Gasteiger partial charge in [0.2, 0.25) is 0 Å². The molecule has 114 valence electrons. The maximum absolute atomic E-state index is 12.3. The van der Waals surface area contributed by atoms with Crippen molar-refractivity contribution >= 4 is 34.9 Å². The number of carbonyl (C=O) groups is 1. The summed E-state index contributed by atoms with van der Waals surface area (Å²) in [6.45, 7) is 1.26. The van der Waals surface area contributed by atoms with Gasteiger partial charge in [0.15, 0.2) is 0 Å². The Balaban J connectivity index is 1.64. The zero-order valence-corrected chi connectivity index (χ0v) is 13.2. The molecule has 3 rings (SSSR count). The normalized spacial score (nSPS) is 17.5. The van der Waals surface area contributed by atoms with Gasteiger partial charge in [0.1, 0.15) is 5.82 Å². The number of amides is 2. The van der Waals surface area contributed by atoms with Gasteiger partial charge in [-0.3, -0.25) is 0 Å². The summed E-state index contributed by atoms with van der Waals surface area (Å²) in [5.41, 5.74) is 0.551. The summed E-state index contributed by atoms with van der Waals surface area (Å²) in [5.74, 6) is 0.954. The molecule has 1 aliphatic rings. The van der Waals surface area contributed by atoms with Crippen molar-refractivity contribution in [1.82, 2.24) is 14.9 Å². The van der Waals surface area contributed by atoms with Crippen molar-refractivity contribution in [2.24, 2.45) is 0 Å². The molecule has 2 amide bonds. The summed E-state index contributed by atoms with van der Waals surface area (Å²) in [4.78, 5) is 22.6. The second-order valence-corrected chi connectivity index (χ2v) is 5.94. The third kappa shape index (κ3) is 3.31. The van der Waals surface area contributed by atoms with E-state index < -0.39 is 0 Å². The maximum Gasteiger partial charge on any atom is 0.321 e. The molecule has 0 aliphatic carbocycles. The summed E-state index contributed by atoms with van der Waals surface area (Å²) in [7, 11) is 0. The number of aromatic nitrogens is 2. The first-order valence-electron chi connectivity index (χ1n) is 6.91. The minimum atomic E-state index is -0.178. The highest BCUT2D eigenvalue weighted by molar-refractivity contribution is 6.36. The number of hydrogen-bond donors (Lipinski definition) is 1. The van der Waals surface area contributed by atoms with Gasteiger partial charge in [0.05, 0.1) is 10.7 Å². The highest BCUT2D eigenvalue weighted by Gasteiger charge is 2.29. The van der Waals surface area contributed by atoms with Gasteiger partial charge < -0.3 is 10.2 Å². The van der Waals surface area contributed by atoms with E-state index in [0.717, 1.165) is 12.2 Å². The van der Waals surface area contributed by atoms with Crippen LogP contribution in [-0.4, -0.2) is 34.0 Å². The van der Waals surface area contributed by atoms with Crippen molar-refractivity contribution < 1.29 is 4.79 Å². The van der Waals surface area contributed by atoms with Crippen molar-refractivity contribution in [3.05, 3.63) is 52.5 Å². The molecule has 1 aliphatic heterocycles. The van der Waals surface area contributed by atoms with Crippen molar-refractivity contribution in [2.75, 3.05) is 18.4 Å². The third-order valence-electron chi connectivity index (χ3n) is 3.60. The fourth-order valence-corrected chi connectivity index (χ4v) is 2.92. The standard InChI is InChI=1S/C15H14Cl2N4O/c16-11-2-3-13(12(17)8-11)20-15(22)21-7-4-10(9-21)14-18-5-1-6-19-14/h1-3,5-6,8,10H,4,7,9H2,(H,20,22). The van der Waals surface area contributed by atoms with Crippen molar-refractivity contribution in [3.63, 3.8) is 0 Å². The number of nitrogens with zero attached hydrogens (tertiary/aromatic N) is 3. The molecule has 0 bridgehead atoms. The zero-order chi connectivity index (χ0) is 15.5. The average molecular weight is 337 g/mol. The van der Waals surface area contributed by atoms with Crippen LogP contribution in [0.15, 0.2) is 36.7 Å². The van der Waals surface area contributed by atoms with Gasteiger partial charge in [-0.15, -0.1) is 0 Å². The number of rotatable bonds is 2. The van der Waals surface area contributed by atoms with Gasteiger partial charge >= 0.3 is 6.03 Å². The molecule has 1 unspecified atom stereocenters. The number of hydrogen-bond acceptors (Lipinski definition) is 3. The molecule has 1 aromatic carbocycles. The topological polar surface area (TPSA) is 58.1 Å². The molecule has 1 saturated heterocycles. The lowest BCUT2D eigenvalue weighted by Crippen LogP contribution is -2.33. The molecule has 1 fully saturated rings. The largest absolute Gasteiger partial charge is 0.324 e. The minimum absolute atomic E-state index is 0.174.